The van der Waals surface area contributed by atoms with Crippen molar-refractivity contribution in [3.8, 4) is 22.6 Å². The first-order valence-electron chi connectivity index (χ1n) is 9.15. The van der Waals surface area contributed by atoms with Crippen molar-refractivity contribution in [1.82, 2.24) is 10.6 Å². The molecule has 2 heterocycles. The fourth-order valence-electron chi connectivity index (χ4n) is 3.22. The van der Waals surface area contributed by atoms with Crippen molar-refractivity contribution in [2.24, 2.45) is 0 Å². The highest BCUT2D eigenvalue weighted by atomic mass is 19.3. The van der Waals surface area contributed by atoms with E-state index < -0.39 is 24.2 Å². The number of halogens is 2. The molecule has 0 radical (unpaired) electrons. The zero-order chi connectivity index (χ0) is 22.0. The molecule has 3 aromatic rings. The van der Waals surface area contributed by atoms with Crippen molar-refractivity contribution in [2.45, 2.75) is 13.2 Å². The number of hydrogen-bond acceptors (Lipinski definition) is 6. The van der Waals surface area contributed by atoms with E-state index in [0.29, 0.717) is 16.7 Å². The maximum atomic E-state index is 12.4. The van der Waals surface area contributed by atoms with Crippen molar-refractivity contribution < 1.29 is 32.6 Å². The van der Waals surface area contributed by atoms with Crippen LogP contribution in [0, 0.1) is 0 Å². The molecule has 2 aromatic carbocycles. The number of phenolic OH excluding ortho intramolecular Hbond substituents is 1. The van der Waals surface area contributed by atoms with Crippen molar-refractivity contribution in [3.05, 3.63) is 77.9 Å². The lowest BCUT2D eigenvalue weighted by atomic mass is 9.92. The molecular weight excluding hydrogens is 410 g/mol. The molecule has 0 spiro atoms. The Morgan fingerprint density at radius 2 is 1.90 bits per heavy atom. The summed E-state index contributed by atoms with van der Waals surface area (Å²) >= 11 is 0. The Balaban J connectivity index is 1.57. The fourth-order valence-corrected chi connectivity index (χ4v) is 3.22. The number of imide groups is 1. The highest BCUT2D eigenvalue weighted by Crippen LogP contribution is 2.30. The summed E-state index contributed by atoms with van der Waals surface area (Å²) in [6.07, 6.45) is 4.54. The van der Waals surface area contributed by atoms with Crippen molar-refractivity contribution in [3.63, 3.8) is 0 Å². The fraction of sp³-hybridized carbons (Fsp3) is 0.0909. The third-order valence-electron chi connectivity index (χ3n) is 4.67. The van der Waals surface area contributed by atoms with Crippen molar-refractivity contribution in [1.29, 1.82) is 0 Å². The Hall–Kier alpha value is -4.14. The van der Waals surface area contributed by atoms with Gasteiger partial charge < -0.3 is 19.6 Å². The summed E-state index contributed by atoms with van der Waals surface area (Å²) in [5, 5.41) is 15.0. The van der Waals surface area contributed by atoms with Gasteiger partial charge in [0, 0.05) is 29.4 Å². The van der Waals surface area contributed by atoms with Gasteiger partial charge in [0.05, 0.1) is 18.1 Å². The number of ether oxygens (including phenoxy) is 1. The van der Waals surface area contributed by atoms with Gasteiger partial charge in [-0.1, -0.05) is 12.1 Å². The third-order valence-corrected chi connectivity index (χ3v) is 4.67. The number of rotatable bonds is 6. The number of benzene rings is 2. The second-order valence-electron chi connectivity index (χ2n) is 6.68. The first-order valence-corrected chi connectivity index (χ1v) is 9.15. The summed E-state index contributed by atoms with van der Waals surface area (Å²) in [6.45, 7) is -2.86. The lowest BCUT2D eigenvalue weighted by molar-refractivity contribution is -0.114. The first-order chi connectivity index (χ1) is 14.9. The van der Waals surface area contributed by atoms with Crippen LogP contribution in [0.2, 0.25) is 0 Å². The van der Waals surface area contributed by atoms with Gasteiger partial charge in [-0.3, -0.25) is 14.9 Å². The molecule has 31 heavy (non-hydrogen) atoms. The molecule has 1 aromatic heterocycles. The van der Waals surface area contributed by atoms with E-state index in [0.717, 1.165) is 11.1 Å². The number of nitrogens with one attached hydrogen (secondary N) is 2. The van der Waals surface area contributed by atoms with Gasteiger partial charge in [0.15, 0.2) is 11.5 Å². The number of furan rings is 1. The van der Waals surface area contributed by atoms with Gasteiger partial charge in [0.1, 0.15) is 0 Å². The predicted molar refractivity (Wildman–Crippen MR) is 106 cm³/mol. The summed E-state index contributed by atoms with van der Waals surface area (Å²) in [6, 6.07) is 10.9. The van der Waals surface area contributed by atoms with Crippen LogP contribution >= 0.6 is 0 Å². The van der Waals surface area contributed by atoms with E-state index in [4.69, 9.17) is 4.42 Å². The average Bonchev–Trinajstić information content (AvgIpc) is 3.26. The SMILES string of the molecule is O=C1NC(=O)c2ccc(-c3ccoc3)cc2/C1=C/NCc1ccc(OC(F)F)c(O)c1. The molecular formula is C22H16F2N2O5. The molecule has 0 fully saturated rings. The van der Waals surface area contributed by atoms with Crippen LogP contribution in [0.3, 0.4) is 0 Å². The number of hydrogen-bond donors (Lipinski definition) is 3. The molecule has 0 saturated carbocycles. The zero-order valence-corrected chi connectivity index (χ0v) is 15.9. The van der Waals surface area contributed by atoms with Gasteiger partial charge >= 0.3 is 6.61 Å². The van der Waals surface area contributed by atoms with E-state index in [9.17, 15) is 23.5 Å². The monoisotopic (exact) mass is 426 g/mol. The number of carbonyl (C=O) groups excluding carboxylic acids is 2. The van der Waals surface area contributed by atoms with Gasteiger partial charge in [-0.15, -0.1) is 0 Å². The Kier molecular flexibility index (Phi) is 5.40. The largest absolute Gasteiger partial charge is 0.504 e. The van der Waals surface area contributed by atoms with Crippen LogP contribution in [0.25, 0.3) is 16.7 Å². The predicted octanol–water partition coefficient (Wildman–Crippen LogP) is 3.65. The number of phenols is 1. The maximum Gasteiger partial charge on any atom is 0.387 e. The van der Waals surface area contributed by atoms with Crippen LogP contribution in [-0.2, 0) is 11.3 Å². The Morgan fingerprint density at radius 3 is 2.61 bits per heavy atom. The van der Waals surface area contributed by atoms with Crippen LogP contribution in [-0.4, -0.2) is 23.5 Å². The van der Waals surface area contributed by atoms with Crippen molar-refractivity contribution >= 4 is 17.4 Å². The third kappa shape index (κ3) is 4.25. The average molecular weight is 426 g/mol. The van der Waals surface area contributed by atoms with Gasteiger partial charge in [0.25, 0.3) is 11.8 Å². The number of fused-ring (bicyclic) bond motifs is 1. The van der Waals surface area contributed by atoms with E-state index in [2.05, 4.69) is 15.4 Å². The Bertz CT molecular complexity index is 1170. The highest BCUT2D eigenvalue weighted by molar-refractivity contribution is 6.31. The zero-order valence-electron chi connectivity index (χ0n) is 15.9. The standard InChI is InChI=1S/C22H16F2N2O5/c23-22(24)31-19-4-1-12(7-18(19)27)9-25-10-17-16-8-13(14-5-6-30-11-14)2-3-15(16)20(28)26-21(17)29/h1-8,10-11,22,25,27H,9H2,(H,26,28,29)/b17-10-. The van der Waals surface area contributed by atoms with Crippen LogP contribution in [0.15, 0.2) is 65.6 Å². The molecule has 0 saturated heterocycles. The van der Waals surface area contributed by atoms with Gasteiger partial charge in [-0.05, 0) is 41.5 Å². The second-order valence-corrected chi connectivity index (χ2v) is 6.68. The Morgan fingerprint density at radius 1 is 1.06 bits per heavy atom. The molecule has 2 amide bonds. The number of aromatic hydroxyl groups is 1. The summed E-state index contributed by atoms with van der Waals surface area (Å²) in [4.78, 5) is 24.6. The van der Waals surface area contributed by atoms with Gasteiger partial charge in [-0.25, -0.2) is 0 Å². The van der Waals surface area contributed by atoms with E-state index in [1.807, 2.05) is 0 Å². The van der Waals surface area contributed by atoms with E-state index in [1.54, 1.807) is 30.5 Å². The molecule has 158 valence electrons. The molecule has 7 nitrogen and oxygen atoms in total. The normalized spacial score (nSPS) is 14.5. The first kappa shape index (κ1) is 20.1. The van der Waals surface area contributed by atoms with Crippen LogP contribution in [0.5, 0.6) is 11.5 Å². The van der Waals surface area contributed by atoms with Crippen LogP contribution in [0.1, 0.15) is 21.5 Å². The van der Waals surface area contributed by atoms with Crippen LogP contribution < -0.4 is 15.4 Å². The minimum absolute atomic E-state index is 0.185. The summed E-state index contributed by atoms with van der Waals surface area (Å²) in [7, 11) is 0. The lowest BCUT2D eigenvalue weighted by Crippen LogP contribution is -2.37. The van der Waals surface area contributed by atoms with E-state index in [-0.39, 0.29) is 17.9 Å². The minimum Gasteiger partial charge on any atom is -0.504 e. The van der Waals surface area contributed by atoms with Gasteiger partial charge in [0.2, 0.25) is 0 Å². The molecule has 1 aliphatic rings. The molecule has 4 rings (SSSR count). The quantitative estimate of drug-likeness (QED) is 0.411. The van der Waals surface area contributed by atoms with Crippen molar-refractivity contribution in [2.75, 3.05) is 0 Å². The molecule has 3 N–H and O–H groups in total. The van der Waals surface area contributed by atoms with Gasteiger partial charge in [-0.2, -0.15) is 8.78 Å². The highest BCUT2D eigenvalue weighted by Gasteiger charge is 2.27. The molecule has 0 aliphatic carbocycles. The molecule has 9 heteroatoms. The number of amides is 2. The maximum absolute atomic E-state index is 12.4. The lowest BCUT2D eigenvalue weighted by Gasteiger charge is -2.19. The molecule has 0 atom stereocenters. The summed E-state index contributed by atoms with van der Waals surface area (Å²) in [5.74, 6) is -1.81. The minimum atomic E-state index is -3.04. The Labute approximate surface area is 174 Å². The number of carbonyl (C=O) groups is 2. The molecule has 1 aliphatic heterocycles. The second kappa shape index (κ2) is 8.31. The summed E-state index contributed by atoms with van der Waals surface area (Å²) in [5.41, 5.74) is 3.21. The van der Waals surface area contributed by atoms with E-state index in [1.165, 1.54) is 30.7 Å². The smallest absolute Gasteiger partial charge is 0.387 e. The van der Waals surface area contributed by atoms with E-state index >= 15 is 0 Å². The van der Waals surface area contributed by atoms with Crippen LogP contribution in [0.4, 0.5) is 8.78 Å². The summed E-state index contributed by atoms with van der Waals surface area (Å²) < 4.78 is 33.9. The number of alkyl halides is 2. The molecule has 0 unspecified atom stereocenters. The topological polar surface area (TPSA) is 101 Å². The molecule has 0 bridgehead atoms.